The van der Waals surface area contributed by atoms with Gasteiger partial charge in [0.2, 0.25) is 0 Å². The van der Waals surface area contributed by atoms with Gasteiger partial charge in [-0.1, -0.05) is 50.1 Å². The normalized spacial score (nSPS) is 12.4. The van der Waals surface area contributed by atoms with E-state index in [1.807, 2.05) is 6.92 Å². The fraction of sp³-hybridized carbons (Fsp3) is 0.429. The second kappa shape index (κ2) is 10.4. The zero-order chi connectivity index (χ0) is 14.7. The second-order valence-corrected chi connectivity index (χ2v) is 5.24. The van der Waals surface area contributed by atoms with E-state index in [1.54, 1.807) is 18.2 Å². The Morgan fingerprint density at radius 1 is 1.42 bits per heavy atom. The van der Waals surface area contributed by atoms with Crippen molar-refractivity contribution >= 4 is 23.0 Å². The molecular weight excluding hydrogens is 262 g/mol. The van der Waals surface area contributed by atoms with Crippen LogP contribution in [0, 0.1) is 5.92 Å². The first-order valence-electron chi connectivity index (χ1n) is 5.97. The van der Waals surface area contributed by atoms with Crippen LogP contribution in [0.2, 0.25) is 0 Å². The summed E-state index contributed by atoms with van der Waals surface area (Å²) in [5, 5.41) is 2.74. The average molecular weight is 283 g/mol. The number of thioether (sulfide) groups is 1. The molecule has 0 aromatic carbocycles. The third kappa shape index (κ3) is 10.1. The first-order chi connectivity index (χ1) is 8.99. The molecule has 0 aromatic rings. The SMILES string of the molecule is C=C/C=C(\C=C)COC(=O)NCC(C)CSC(C)=O. The molecule has 5 heteroatoms. The van der Waals surface area contributed by atoms with Crippen molar-refractivity contribution in [3.05, 3.63) is 37.0 Å². The van der Waals surface area contributed by atoms with E-state index >= 15 is 0 Å². The summed E-state index contributed by atoms with van der Waals surface area (Å²) in [4.78, 5) is 22.2. The van der Waals surface area contributed by atoms with E-state index in [4.69, 9.17) is 4.74 Å². The molecule has 0 aliphatic rings. The third-order valence-electron chi connectivity index (χ3n) is 2.13. The summed E-state index contributed by atoms with van der Waals surface area (Å²) >= 11 is 1.26. The van der Waals surface area contributed by atoms with Gasteiger partial charge in [0.15, 0.2) is 5.12 Å². The minimum Gasteiger partial charge on any atom is -0.445 e. The van der Waals surface area contributed by atoms with Crippen LogP contribution in [-0.2, 0) is 9.53 Å². The lowest BCUT2D eigenvalue weighted by atomic mass is 10.2. The summed E-state index contributed by atoms with van der Waals surface area (Å²) in [6.45, 7) is 11.3. The van der Waals surface area contributed by atoms with Gasteiger partial charge in [0.1, 0.15) is 6.61 Å². The van der Waals surface area contributed by atoms with E-state index in [1.165, 1.54) is 18.7 Å². The molecular formula is C14H21NO3S. The summed E-state index contributed by atoms with van der Waals surface area (Å²) in [7, 11) is 0. The lowest BCUT2D eigenvalue weighted by Crippen LogP contribution is -2.30. The molecule has 4 nitrogen and oxygen atoms in total. The molecule has 1 N–H and O–H groups in total. The number of hydrogen-bond donors (Lipinski definition) is 1. The van der Waals surface area contributed by atoms with Crippen molar-refractivity contribution in [3.63, 3.8) is 0 Å². The molecule has 0 aliphatic carbocycles. The van der Waals surface area contributed by atoms with Crippen LogP contribution in [0.15, 0.2) is 37.0 Å². The highest BCUT2D eigenvalue weighted by Gasteiger charge is 2.08. The summed E-state index contributed by atoms with van der Waals surface area (Å²) < 4.78 is 5.01. The lowest BCUT2D eigenvalue weighted by Gasteiger charge is -2.11. The predicted octanol–water partition coefficient (Wildman–Crippen LogP) is 2.93. The Morgan fingerprint density at radius 3 is 2.63 bits per heavy atom. The third-order valence-corrected chi connectivity index (χ3v) is 3.27. The lowest BCUT2D eigenvalue weighted by molar-refractivity contribution is -0.109. The summed E-state index contributed by atoms with van der Waals surface area (Å²) in [6.07, 6.45) is 4.48. The topological polar surface area (TPSA) is 55.4 Å². The fourth-order valence-corrected chi connectivity index (χ4v) is 1.74. The van der Waals surface area contributed by atoms with Gasteiger partial charge in [-0.3, -0.25) is 4.79 Å². The first-order valence-corrected chi connectivity index (χ1v) is 6.96. The number of allylic oxidation sites excluding steroid dienone is 2. The van der Waals surface area contributed by atoms with Gasteiger partial charge in [-0.25, -0.2) is 4.79 Å². The van der Waals surface area contributed by atoms with Gasteiger partial charge in [-0.2, -0.15) is 0 Å². The van der Waals surface area contributed by atoms with Crippen molar-refractivity contribution < 1.29 is 14.3 Å². The molecule has 106 valence electrons. The van der Waals surface area contributed by atoms with E-state index in [-0.39, 0.29) is 17.6 Å². The van der Waals surface area contributed by atoms with Gasteiger partial charge in [-0.15, -0.1) is 0 Å². The molecule has 0 spiro atoms. The minimum atomic E-state index is -0.475. The molecule has 19 heavy (non-hydrogen) atoms. The van der Waals surface area contributed by atoms with Gasteiger partial charge in [0.05, 0.1) is 0 Å². The van der Waals surface area contributed by atoms with Gasteiger partial charge in [0.25, 0.3) is 0 Å². The molecule has 0 fully saturated rings. The first kappa shape index (κ1) is 17.5. The number of rotatable bonds is 8. The quantitative estimate of drug-likeness (QED) is 0.696. The Labute approximate surface area is 119 Å². The summed E-state index contributed by atoms with van der Waals surface area (Å²) in [5.74, 6) is 0.896. The maximum atomic E-state index is 11.4. The van der Waals surface area contributed by atoms with E-state index in [0.29, 0.717) is 12.3 Å². The Hall–Kier alpha value is -1.49. The van der Waals surface area contributed by atoms with Crippen molar-refractivity contribution in [2.75, 3.05) is 18.9 Å². The van der Waals surface area contributed by atoms with Crippen LogP contribution in [-0.4, -0.2) is 30.1 Å². The summed E-state index contributed by atoms with van der Waals surface area (Å²) in [6, 6.07) is 0. The molecule has 0 rings (SSSR count). The van der Waals surface area contributed by atoms with Crippen molar-refractivity contribution in [2.45, 2.75) is 13.8 Å². The number of alkyl carbamates (subject to hydrolysis) is 1. The second-order valence-electron chi connectivity index (χ2n) is 4.05. The maximum absolute atomic E-state index is 11.4. The minimum absolute atomic E-state index is 0.0830. The molecule has 0 radical (unpaired) electrons. The van der Waals surface area contributed by atoms with Crippen molar-refractivity contribution in [3.8, 4) is 0 Å². The zero-order valence-electron chi connectivity index (χ0n) is 11.5. The van der Waals surface area contributed by atoms with E-state index in [0.717, 1.165) is 5.57 Å². The highest BCUT2D eigenvalue weighted by atomic mass is 32.2. The highest BCUT2D eigenvalue weighted by molar-refractivity contribution is 8.13. The van der Waals surface area contributed by atoms with Gasteiger partial charge < -0.3 is 10.1 Å². The number of carbonyl (C=O) groups excluding carboxylic acids is 2. The van der Waals surface area contributed by atoms with E-state index in [9.17, 15) is 9.59 Å². The molecule has 1 amide bonds. The highest BCUT2D eigenvalue weighted by Crippen LogP contribution is 2.08. The van der Waals surface area contributed by atoms with Gasteiger partial charge in [-0.05, 0) is 11.5 Å². The molecule has 1 atom stereocenters. The van der Waals surface area contributed by atoms with Crippen LogP contribution >= 0.6 is 11.8 Å². The molecule has 0 saturated heterocycles. The predicted molar refractivity (Wildman–Crippen MR) is 80.1 cm³/mol. The van der Waals surface area contributed by atoms with Crippen LogP contribution in [0.1, 0.15) is 13.8 Å². The Bertz CT molecular complexity index is 364. The average Bonchev–Trinajstić information content (AvgIpc) is 2.38. The number of amides is 1. The molecule has 0 bridgehead atoms. The van der Waals surface area contributed by atoms with E-state index < -0.39 is 6.09 Å². The number of nitrogens with one attached hydrogen (secondary N) is 1. The van der Waals surface area contributed by atoms with Crippen LogP contribution in [0.25, 0.3) is 0 Å². The summed E-state index contributed by atoms with van der Waals surface area (Å²) in [5.41, 5.74) is 0.783. The zero-order valence-corrected chi connectivity index (χ0v) is 12.3. The fourth-order valence-electron chi connectivity index (χ4n) is 1.10. The van der Waals surface area contributed by atoms with Crippen molar-refractivity contribution in [1.82, 2.24) is 5.32 Å². The van der Waals surface area contributed by atoms with Gasteiger partial charge >= 0.3 is 6.09 Å². The largest absolute Gasteiger partial charge is 0.445 e. The van der Waals surface area contributed by atoms with E-state index in [2.05, 4.69) is 18.5 Å². The number of ether oxygens (including phenoxy) is 1. The number of carbonyl (C=O) groups is 2. The molecule has 0 aliphatic heterocycles. The molecule has 0 heterocycles. The van der Waals surface area contributed by atoms with Crippen LogP contribution < -0.4 is 5.32 Å². The van der Waals surface area contributed by atoms with Crippen LogP contribution in [0.4, 0.5) is 4.79 Å². The smallest absolute Gasteiger partial charge is 0.407 e. The van der Waals surface area contributed by atoms with Crippen molar-refractivity contribution in [2.24, 2.45) is 5.92 Å². The number of hydrogen-bond acceptors (Lipinski definition) is 4. The molecule has 0 saturated carbocycles. The molecule has 1 unspecified atom stereocenters. The standard InChI is InChI=1S/C14H21NO3S/c1-5-7-13(6-2)9-18-14(17)15-8-11(3)10-19-12(4)16/h5-7,11H,1-2,8-10H2,3-4H3,(H,15,17)/b13-7+. The van der Waals surface area contributed by atoms with Gasteiger partial charge in [0, 0.05) is 19.2 Å². The molecule has 0 aromatic heterocycles. The maximum Gasteiger partial charge on any atom is 0.407 e. The monoisotopic (exact) mass is 283 g/mol. The Morgan fingerprint density at radius 2 is 2.11 bits per heavy atom. The van der Waals surface area contributed by atoms with Crippen molar-refractivity contribution in [1.29, 1.82) is 0 Å². The van der Waals surface area contributed by atoms with Crippen LogP contribution in [0.3, 0.4) is 0 Å². The Balaban J connectivity index is 3.86. The van der Waals surface area contributed by atoms with Crippen LogP contribution in [0.5, 0.6) is 0 Å². The Kier molecular flexibility index (Phi) is 9.62.